The van der Waals surface area contributed by atoms with E-state index < -0.39 is 24.1 Å². The summed E-state index contributed by atoms with van der Waals surface area (Å²) in [5.74, 6) is 0. The number of hydrogen-bond acceptors (Lipinski definition) is 8. The molecule has 0 N–H and O–H groups in total. The molecule has 0 aliphatic heterocycles. The predicted molar refractivity (Wildman–Crippen MR) is 244 cm³/mol. The second kappa shape index (κ2) is 38.7. The molecule has 0 spiro atoms. The van der Waals surface area contributed by atoms with Crippen LogP contribution in [0.3, 0.4) is 0 Å². The van der Waals surface area contributed by atoms with Crippen LogP contribution >= 0.6 is 0 Å². The zero-order chi connectivity index (χ0) is 43.8. The molecule has 0 aromatic rings. The molecule has 0 rings (SSSR count). The van der Waals surface area contributed by atoms with Crippen LogP contribution in [0.2, 0.25) is 0 Å². The van der Waals surface area contributed by atoms with Crippen molar-refractivity contribution < 1.29 is 16.8 Å². The zero-order valence-corrected chi connectivity index (χ0v) is 39.6. The smallest absolute Gasteiger partial charge is 0.210 e. The molecule has 0 fully saturated rings. The monoisotopic (exact) mass is 863 g/mol. The van der Waals surface area contributed by atoms with Crippen LogP contribution in [0.4, 0.5) is 0 Å². The van der Waals surface area contributed by atoms with E-state index in [1.165, 1.54) is 22.5 Å². The summed E-state index contributed by atoms with van der Waals surface area (Å²) in [5, 5.41) is 35.0. The Bertz CT molecular complexity index is 1220. The number of unbranched alkanes of at least 4 members (excludes halogenated alkanes) is 32. The highest BCUT2D eigenvalue weighted by Gasteiger charge is 2.52. The fourth-order valence-corrected chi connectivity index (χ4v) is 12.1. The third kappa shape index (κ3) is 28.1. The van der Waals surface area contributed by atoms with Gasteiger partial charge in [0.25, 0.3) is 0 Å². The van der Waals surface area contributed by atoms with Gasteiger partial charge in [-0.1, -0.05) is 154 Å². The van der Waals surface area contributed by atoms with Gasteiger partial charge < -0.3 is 0 Å². The highest BCUT2D eigenvalue weighted by molar-refractivity contribution is 8.08. The number of nitrogens with zero attached hydrogens (tertiary/aromatic N) is 6. The van der Waals surface area contributed by atoms with E-state index in [4.69, 9.17) is 21.0 Å². The van der Waals surface area contributed by atoms with Crippen molar-refractivity contribution in [2.75, 3.05) is 26.2 Å². The van der Waals surface area contributed by atoms with E-state index in [0.29, 0.717) is 77.5 Å². The maximum Gasteiger partial charge on any atom is 0.235 e. The Labute approximate surface area is 364 Å². The Balaban J connectivity index is 5.65. The minimum Gasteiger partial charge on any atom is -0.210 e. The van der Waals surface area contributed by atoms with Crippen LogP contribution in [0.5, 0.6) is 0 Å². The lowest BCUT2D eigenvalue weighted by Gasteiger charge is -2.36. The molecule has 0 unspecified atom stereocenters. The lowest BCUT2D eigenvalue weighted by atomic mass is 10.1. The summed E-state index contributed by atoms with van der Waals surface area (Å²) in [7, 11) is -8.44. The van der Waals surface area contributed by atoms with Gasteiger partial charge in [-0.25, -0.2) is 25.4 Å². The van der Waals surface area contributed by atoms with E-state index in [-0.39, 0.29) is 0 Å². The average molecular weight is 863 g/mol. The van der Waals surface area contributed by atoms with E-state index in [0.717, 1.165) is 180 Å². The molecule has 0 aliphatic carbocycles. The van der Waals surface area contributed by atoms with Gasteiger partial charge in [-0.3, -0.25) is 0 Å². The average Bonchev–Trinajstić information content (AvgIpc) is 3.21. The molecular weight excluding hydrogens is 777 g/mol. The predicted octanol–water partition coefficient (Wildman–Crippen LogP) is 13.1. The highest BCUT2D eigenvalue weighted by Crippen LogP contribution is 2.32. The largest absolute Gasteiger partial charge is 0.235 e. The molecule has 12 heteroatoms. The minimum absolute atomic E-state index is 0.329. The quantitative estimate of drug-likeness (QED) is 0.0545. The van der Waals surface area contributed by atoms with E-state index in [9.17, 15) is 16.8 Å². The number of rotatable bonds is 44. The van der Waals surface area contributed by atoms with Crippen LogP contribution in [0.1, 0.15) is 245 Å². The van der Waals surface area contributed by atoms with Crippen molar-refractivity contribution in [3.8, 4) is 24.3 Å². The summed E-state index contributed by atoms with van der Waals surface area (Å²) in [5.41, 5.74) is 0. The number of hydrogen-bond donors (Lipinski definition) is 0. The first-order chi connectivity index (χ1) is 28.5. The SMILES string of the molecule is CC(C)(S(=O)(=O)N(CCCCCCCCCCC#N)CCCCCCCCCCC#N)S(=O)(=O)N(CCCCCCCCCCC#N)CCCCCCCCCCC#N. The summed E-state index contributed by atoms with van der Waals surface area (Å²) < 4.78 is 59.4. The van der Waals surface area contributed by atoms with E-state index in [2.05, 4.69) is 24.3 Å². The lowest BCUT2D eigenvalue weighted by Crippen LogP contribution is -2.55. The second-order valence-electron chi connectivity index (χ2n) is 17.2. The Morgan fingerprint density at radius 1 is 0.305 bits per heavy atom. The van der Waals surface area contributed by atoms with Crippen LogP contribution in [-0.4, -0.2) is 55.7 Å². The zero-order valence-electron chi connectivity index (χ0n) is 37.9. The van der Waals surface area contributed by atoms with Gasteiger partial charge in [0, 0.05) is 51.9 Å². The molecule has 10 nitrogen and oxygen atoms in total. The molecule has 0 atom stereocenters. The van der Waals surface area contributed by atoms with Crippen LogP contribution in [-0.2, 0) is 20.0 Å². The summed E-state index contributed by atoms with van der Waals surface area (Å²) in [4.78, 5) is 0. The Morgan fingerprint density at radius 3 is 0.627 bits per heavy atom. The maximum absolute atomic E-state index is 14.6. The molecular formula is C47H86N6O4S2. The lowest BCUT2D eigenvalue weighted by molar-refractivity contribution is 0.360. The number of sulfonamides is 2. The molecule has 0 radical (unpaired) electrons. The van der Waals surface area contributed by atoms with Crippen molar-refractivity contribution >= 4 is 20.0 Å². The molecule has 0 aromatic heterocycles. The Hall–Kier alpha value is -2.22. The van der Waals surface area contributed by atoms with E-state index >= 15 is 0 Å². The van der Waals surface area contributed by atoms with Gasteiger partial charge in [0.05, 0.1) is 24.3 Å². The first-order valence-electron chi connectivity index (χ1n) is 24.0. The van der Waals surface area contributed by atoms with Crippen molar-refractivity contribution in [1.82, 2.24) is 8.61 Å². The molecule has 340 valence electrons. The Morgan fingerprint density at radius 2 is 0.458 bits per heavy atom. The molecule has 0 saturated heterocycles. The summed E-state index contributed by atoms with van der Waals surface area (Å²) in [6.07, 6.45) is 34.1. The van der Waals surface area contributed by atoms with Crippen molar-refractivity contribution in [1.29, 1.82) is 21.0 Å². The van der Waals surface area contributed by atoms with Crippen molar-refractivity contribution in [3.05, 3.63) is 0 Å². The van der Waals surface area contributed by atoms with Crippen molar-refractivity contribution in [2.45, 2.75) is 249 Å². The summed E-state index contributed by atoms with van der Waals surface area (Å²) >= 11 is 0. The van der Waals surface area contributed by atoms with Gasteiger partial charge >= 0.3 is 0 Å². The molecule has 0 aliphatic rings. The molecule has 0 amide bonds. The first-order valence-corrected chi connectivity index (χ1v) is 26.9. The van der Waals surface area contributed by atoms with Gasteiger partial charge in [0.2, 0.25) is 20.0 Å². The van der Waals surface area contributed by atoms with Crippen molar-refractivity contribution in [2.24, 2.45) is 0 Å². The van der Waals surface area contributed by atoms with Gasteiger partial charge in [-0.2, -0.15) is 21.0 Å². The summed E-state index contributed by atoms with van der Waals surface area (Å²) in [6.45, 7) is 4.14. The van der Waals surface area contributed by atoms with E-state index in [1.807, 2.05) is 0 Å². The molecule has 59 heavy (non-hydrogen) atoms. The van der Waals surface area contributed by atoms with Crippen LogP contribution in [0.25, 0.3) is 0 Å². The van der Waals surface area contributed by atoms with Crippen LogP contribution in [0, 0.1) is 45.3 Å². The van der Waals surface area contributed by atoms with E-state index in [1.54, 1.807) is 0 Å². The number of nitriles is 4. The van der Waals surface area contributed by atoms with Crippen molar-refractivity contribution in [3.63, 3.8) is 0 Å². The Kier molecular flexibility index (Phi) is 37.2. The van der Waals surface area contributed by atoms with Gasteiger partial charge in [0.15, 0.2) is 4.08 Å². The minimum atomic E-state index is -4.22. The molecule has 0 aromatic carbocycles. The van der Waals surface area contributed by atoms with Gasteiger partial charge in [-0.15, -0.1) is 0 Å². The third-order valence-corrected chi connectivity index (χ3v) is 17.5. The molecule has 0 saturated carbocycles. The standard InChI is InChI=1S/C47H86N6O4S2/c1-47(2,58(54,55)52(43-35-27-19-11-3-7-15-23-31-39-48)44-36-28-20-12-4-8-16-24-32-40-49)59(56,57)53(45-37-29-21-13-5-9-17-25-33-41-50)46-38-30-22-14-6-10-18-26-34-42-51/h3-38,43-46H2,1-2H3. The highest BCUT2D eigenvalue weighted by atomic mass is 32.3. The normalized spacial score (nSPS) is 12.1. The van der Waals surface area contributed by atoms with Crippen LogP contribution < -0.4 is 0 Å². The maximum atomic E-state index is 14.6. The first kappa shape index (κ1) is 56.8. The van der Waals surface area contributed by atoms with Gasteiger partial charge in [0.1, 0.15) is 0 Å². The third-order valence-electron chi connectivity index (χ3n) is 11.7. The van der Waals surface area contributed by atoms with Gasteiger partial charge in [-0.05, 0) is 65.2 Å². The fraction of sp³-hybridized carbons (Fsp3) is 0.915. The molecule has 0 bridgehead atoms. The topological polar surface area (TPSA) is 170 Å². The second-order valence-corrected chi connectivity index (χ2v) is 22.4. The fourth-order valence-electron chi connectivity index (χ4n) is 7.67. The summed E-state index contributed by atoms with van der Waals surface area (Å²) in [6, 6.07) is 8.80. The van der Waals surface area contributed by atoms with Crippen LogP contribution in [0.15, 0.2) is 0 Å². The molecule has 0 heterocycles.